The number of nitro benzene ring substituents is 1. The lowest BCUT2D eigenvalue weighted by atomic mass is 10.0. The summed E-state index contributed by atoms with van der Waals surface area (Å²) >= 11 is 11.8. The molecular weight excluding hydrogens is 280 g/mol. The quantitative estimate of drug-likeness (QED) is 0.592. The van der Waals surface area contributed by atoms with Gasteiger partial charge in [-0.2, -0.15) is 0 Å². The van der Waals surface area contributed by atoms with Gasteiger partial charge in [0.15, 0.2) is 0 Å². The third-order valence-electron chi connectivity index (χ3n) is 2.40. The van der Waals surface area contributed by atoms with Crippen molar-refractivity contribution in [1.29, 1.82) is 0 Å². The summed E-state index contributed by atoms with van der Waals surface area (Å²) < 4.78 is 13.7. The van der Waals surface area contributed by atoms with Crippen LogP contribution in [-0.4, -0.2) is 4.92 Å². The Morgan fingerprint density at radius 1 is 1.11 bits per heavy atom. The molecule has 0 aliphatic carbocycles. The van der Waals surface area contributed by atoms with Crippen molar-refractivity contribution in [1.82, 2.24) is 0 Å². The molecule has 2 aromatic carbocycles. The van der Waals surface area contributed by atoms with Gasteiger partial charge in [-0.3, -0.25) is 10.1 Å². The Kier molecular flexibility index (Phi) is 3.50. The van der Waals surface area contributed by atoms with Crippen LogP contribution in [0.4, 0.5) is 10.1 Å². The molecule has 0 saturated carbocycles. The first-order valence-corrected chi connectivity index (χ1v) is 5.64. The maximum absolute atomic E-state index is 13.7. The first kappa shape index (κ1) is 12.8. The van der Waals surface area contributed by atoms with Gasteiger partial charge in [-0.1, -0.05) is 35.3 Å². The van der Waals surface area contributed by atoms with Crippen molar-refractivity contribution >= 4 is 28.9 Å². The Morgan fingerprint density at radius 2 is 1.83 bits per heavy atom. The summed E-state index contributed by atoms with van der Waals surface area (Å²) in [6, 6.07) is 7.97. The summed E-state index contributed by atoms with van der Waals surface area (Å²) in [5, 5.41) is 11.1. The molecule has 3 nitrogen and oxygen atoms in total. The van der Waals surface area contributed by atoms with Gasteiger partial charge in [-0.15, -0.1) is 0 Å². The summed E-state index contributed by atoms with van der Waals surface area (Å²) in [7, 11) is 0. The van der Waals surface area contributed by atoms with Crippen LogP contribution in [0.5, 0.6) is 0 Å². The van der Waals surface area contributed by atoms with Gasteiger partial charge >= 0.3 is 0 Å². The maximum atomic E-state index is 13.7. The van der Waals surface area contributed by atoms with Gasteiger partial charge in [-0.25, -0.2) is 4.39 Å². The van der Waals surface area contributed by atoms with Crippen LogP contribution in [0.3, 0.4) is 0 Å². The van der Waals surface area contributed by atoms with Crippen LogP contribution in [0.25, 0.3) is 11.1 Å². The molecule has 0 aliphatic heterocycles. The van der Waals surface area contributed by atoms with Crippen LogP contribution < -0.4 is 0 Å². The lowest BCUT2D eigenvalue weighted by Gasteiger charge is -2.07. The third kappa shape index (κ3) is 2.30. The number of nitrogens with zero attached hydrogens (tertiary/aromatic N) is 1. The molecule has 0 spiro atoms. The third-order valence-corrected chi connectivity index (χ3v) is 3.22. The largest absolute Gasteiger partial charge is 0.270 e. The molecule has 0 bridgehead atoms. The molecule has 0 unspecified atom stereocenters. The van der Waals surface area contributed by atoms with Crippen LogP contribution in [0.2, 0.25) is 10.0 Å². The number of rotatable bonds is 2. The van der Waals surface area contributed by atoms with E-state index in [-0.39, 0.29) is 21.3 Å². The first-order valence-electron chi connectivity index (χ1n) is 4.89. The van der Waals surface area contributed by atoms with Crippen LogP contribution >= 0.6 is 23.2 Å². The second kappa shape index (κ2) is 4.92. The molecule has 0 radical (unpaired) electrons. The highest BCUT2D eigenvalue weighted by atomic mass is 35.5. The Labute approximate surface area is 112 Å². The Bertz CT molecular complexity index is 631. The Balaban J connectivity index is 2.66. The Hall–Kier alpha value is -1.65. The average molecular weight is 286 g/mol. The fourth-order valence-electron chi connectivity index (χ4n) is 1.55. The van der Waals surface area contributed by atoms with Crippen molar-refractivity contribution in [2.45, 2.75) is 0 Å². The molecule has 0 saturated heterocycles. The predicted octanol–water partition coefficient (Wildman–Crippen LogP) is 4.71. The van der Waals surface area contributed by atoms with Crippen molar-refractivity contribution < 1.29 is 9.31 Å². The van der Waals surface area contributed by atoms with Gasteiger partial charge in [0.25, 0.3) is 5.69 Å². The van der Waals surface area contributed by atoms with Crippen molar-refractivity contribution in [2.75, 3.05) is 0 Å². The second-order valence-corrected chi connectivity index (χ2v) is 4.31. The zero-order chi connectivity index (χ0) is 13.3. The predicted molar refractivity (Wildman–Crippen MR) is 68.5 cm³/mol. The highest BCUT2D eigenvalue weighted by molar-refractivity contribution is 6.43. The highest BCUT2D eigenvalue weighted by Gasteiger charge is 2.15. The normalized spacial score (nSPS) is 10.4. The SMILES string of the molecule is O=[N+]([O-])c1ccc(F)c(-c2cccc(Cl)c2Cl)c1. The zero-order valence-corrected chi connectivity index (χ0v) is 10.4. The van der Waals surface area contributed by atoms with E-state index in [1.807, 2.05) is 0 Å². The maximum Gasteiger partial charge on any atom is 0.270 e. The van der Waals surface area contributed by atoms with Crippen LogP contribution in [-0.2, 0) is 0 Å². The lowest BCUT2D eigenvalue weighted by molar-refractivity contribution is -0.384. The van der Waals surface area contributed by atoms with E-state index in [1.54, 1.807) is 18.2 Å². The van der Waals surface area contributed by atoms with Crippen LogP contribution in [0, 0.1) is 15.9 Å². The standard InChI is InChI=1S/C12H6Cl2FNO2/c13-10-3-1-2-8(12(10)14)9-6-7(16(17)18)4-5-11(9)15/h1-6H. The second-order valence-electron chi connectivity index (χ2n) is 3.52. The molecule has 2 rings (SSSR count). The van der Waals surface area contributed by atoms with Crippen LogP contribution in [0.15, 0.2) is 36.4 Å². The van der Waals surface area contributed by atoms with Crippen LogP contribution in [0.1, 0.15) is 0 Å². The fourth-order valence-corrected chi connectivity index (χ4v) is 1.95. The molecule has 0 aliphatic rings. The molecule has 18 heavy (non-hydrogen) atoms. The molecule has 92 valence electrons. The summed E-state index contributed by atoms with van der Waals surface area (Å²) in [4.78, 5) is 10.1. The van der Waals surface area contributed by atoms with E-state index in [9.17, 15) is 14.5 Å². The topological polar surface area (TPSA) is 43.1 Å². The minimum Gasteiger partial charge on any atom is -0.258 e. The molecule has 6 heteroatoms. The number of nitro groups is 1. The van der Waals surface area contributed by atoms with Gasteiger partial charge in [0.2, 0.25) is 0 Å². The first-order chi connectivity index (χ1) is 8.50. The van der Waals surface area contributed by atoms with Crippen molar-refractivity contribution in [3.8, 4) is 11.1 Å². The van der Waals surface area contributed by atoms with E-state index in [1.165, 1.54) is 0 Å². The van der Waals surface area contributed by atoms with E-state index in [0.717, 1.165) is 18.2 Å². The zero-order valence-electron chi connectivity index (χ0n) is 8.86. The minimum absolute atomic E-state index is 0.0525. The van der Waals surface area contributed by atoms with E-state index >= 15 is 0 Å². The molecule has 0 fully saturated rings. The van der Waals surface area contributed by atoms with Gasteiger partial charge in [0.05, 0.1) is 15.0 Å². The summed E-state index contributed by atoms with van der Waals surface area (Å²) in [6.45, 7) is 0. The van der Waals surface area contributed by atoms with E-state index < -0.39 is 10.7 Å². The van der Waals surface area contributed by atoms with Gasteiger partial charge in [0.1, 0.15) is 5.82 Å². The molecule has 0 atom stereocenters. The number of non-ortho nitro benzene ring substituents is 1. The summed E-state index contributed by atoms with van der Waals surface area (Å²) in [5.41, 5.74) is 0.171. The summed E-state index contributed by atoms with van der Waals surface area (Å²) in [6.07, 6.45) is 0. The van der Waals surface area contributed by atoms with Gasteiger partial charge in [0, 0.05) is 23.3 Å². The molecular formula is C12H6Cl2FNO2. The van der Waals surface area contributed by atoms with Gasteiger partial charge < -0.3 is 0 Å². The number of hydrogen-bond donors (Lipinski definition) is 0. The van der Waals surface area contributed by atoms with E-state index in [0.29, 0.717) is 5.56 Å². The van der Waals surface area contributed by atoms with E-state index in [2.05, 4.69) is 0 Å². The number of benzene rings is 2. The Morgan fingerprint density at radius 3 is 2.50 bits per heavy atom. The molecule has 2 aromatic rings. The average Bonchev–Trinajstić information content (AvgIpc) is 2.33. The van der Waals surface area contributed by atoms with E-state index in [4.69, 9.17) is 23.2 Å². The number of halogens is 3. The monoisotopic (exact) mass is 285 g/mol. The number of hydrogen-bond acceptors (Lipinski definition) is 2. The summed E-state index contributed by atoms with van der Waals surface area (Å²) in [5.74, 6) is -0.593. The van der Waals surface area contributed by atoms with Crippen molar-refractivity contribution in [3.05, 3.63) is 62.4 Å². The van der Waals surface area contributed by atoms with Crippen molar-refractivity contribution in [2.24, 2.45) is 0 Å². The molecule has 0 amide bonds. The smallest absolute Gasteiger partial charge is 0.258 e. The van der Waals surface area contributed by atoms with Gasteiger partial charge in [-0.05, 0) is 12.1 Å². The molecule has 0 aromatic heterocycles. The molecule has 0 N–H and O–H groups in total. The minimum atomic E-state index is -0.596. The lowest BCUT2D eigenvalue weighted by Crippen LogP contribution is -1.92. The molecule has 0 heterocycles. The highest BCUT2D eigenvalue weighted by Crippen LogP contribution is 2.36. The van der Waals surface area contributed by atoms with Crippen molar-refractivity contribution in [3.63, 3.8) is 0 Å². The fraction of sp³-hybridized carbons (Fsp3) is 0.